The summed E-state index contributed by atoms with van der Waals surface area (Å²) in [5.74, 6) is -0.114. The zero-order valence-electron chi connectivity index (χ0n) is 5.87. The zero-order chi connectivity index (χ0) is 5.70. The molecule has 0 radical (unpaired) electrons. The number of isothiocyanates is 1. The number of nitrogens with zero attached hydrogens (tertiary/aromatic N) is 2. The molecular formula is C2H6ClLiN4S. The molecule has 0 saturated carbocycles. The van der Waals surface area contributed by atoms with Gasteiger partial charge in [-0.25, -0.2) is 0 Å². The van der Waals surface area contributed by atoms with Crippen molar-refractivity contribution in [3.05, 3.63) is 0 Å². The Morgan fingerprint density at radius 3 is 2.11 bits per heavy atom. The molecule has 9 heavy (non-hydrogen) atoms. The Balaban J connectivity index is -0.0000000600. The van der Waals surface area contributed by atoms with Crippen LogP contribution in [0.3, 0.4) is 0 Å². The maximum absolute atomic E-state index is 4.83. The first-order valence-corrected chi connectivity index (χ1v) is 1.84. The van der Waals surface area contributed by atoms with Gasteiger partial charge < -0.3 is 12.9 Å². The molecule has 0 amide bonds. The van der Waals surface area contributed by atoms with Gasteiger partial charge in [-0.2, -0.15) is 0 Å². The molecule has 48 valence electrons. The standard InChI is InChI=1S/C2H4N4S.ClH.Li.H/c3-2(4)6-5-1-7;;;/h(H4,3,4,6);1H;;/q;;+1;-1. The molecule has 0 spiro atoms. The monoisotopic (exact) mass is 160 g/mol. The molecule has 0 aliphatic heterocycles. The number of guanidine groups is 1. The fourth-order valence-electron chi connectivity index (χ4n) is 0.0781. The second-order valence-corrected chi connectivity index (χ2v) is 0.899. The first-order chi connectivity index (χ1) is 3.27. The first-order valence-electron chi connectivity index (χ1n) is 1.43. The van der Waals surface area contributed by atoms with Gasteiger partial charge in [0, 0.05) is 0 Å². The molecule has 0 aromatic carbocycles. The van der Waals surface area contributed by atoms with Crippen molar-refractivity contribution in [2.24, 2.45) is 21.7 Å². The van der Waals surface area contributed by atoms with Gasteiger partial charge in [-0.1, -0.05) is 5.10 Å². The van der Waals surface area contributed by atoms with Crippen molar-refractivity contribution in [1.82, 2.24) is 0 Å². The first kappa shape index (κ1) is 16.0. The topological polar surface area (TPSA) is 76.8 Å². The Kier molecular flexibility index (Phi) is 19.3. The van der Waals surface area contributed by atoms with Gasteiger partial charge in [0.1, 0.15) is 0 Å². The predicted octanol–water partition coefficient (Wildman–Crippen LogP) is -3.18. The number of rotatable bonds is 1. The van der Waals surface area contributed by atoms with E-state index in [9.17, 15) is 0 Å². The van der Waals surface area contributed by atoms with Gasteiger partial charge in [-0.05, 0) is 12.2 Å². The van der Waals surface area contributed by atoms with Crippen LogP contribution in [-0.4, -0.2) is 11.1 Å². The van der Waals surface area contributed by atoms with Gasteiger partial charge in [0.15, 0.2) is 0 Å². The van der Waals surface area contributed by atoms with E-state index in [1.54, 1.807) is 0 Å². The van der Waals surface area contributed by atoms with Crippen LogP contribution in [0.5, 0.6) is 0 Å². The Morgan fingerprint density at radius 2 is 2.00 bits per heavy atom. The summed E-state index contributed by atoms with van der Waals surface area (Å²) >= 11 is 4.14. The fourth-order valence-corrected chi connectivity index (χ4v) is 0.119. The van der Waals surface area contributed by atoms with Crippen molar-refractivity contribution >= 4 is 35.7 Å². The second-order valence-electron chi connectivity index (χ2n) is 0.716. The minimum Gasteiger partial charge on any atom is -1.00 e. The van der Waals surface area contributed by atoms with Crippen molar-refractivity contribution in [3.8, 4) is 0 Å². The van der Waals surface area contributed by atoms with Crippen LogP contribution in [-0.2, 0) is 0 Å². The van der Waals surface area contributed by atoms with E-state index in [4.69, 9.17) is 11.5 Å². The number of halogens is 1. The van der Waals surface area contributed by atoms with Crippen molar-refractivity contribution in [1.29, 1.82) is 0 Å². The Labute approximate surface area is 77.8 Å². The Hall–Kier alpha value is -0.0426. The Bertz CT molecular complexity index is 131. The van der Waals surface area contributed by atoms with E-state index in [1.165, 1.54) is 0 Å². The van der Waals surface area contributed by atoms with Crippen LogP contribution in [0.1, 0.15) is 1.43 Å². The number of thiocarbonyl (C=S) groups is 1. The van der Waals surface area contributed by atoms with Crippen LogP contribution < -0.4 is 30.3 Å². The third-order valence-corrected chi connectivity index (χ3v) is 0.288. The molecule has 0 aromatic heterocycles. The molecular weight excluding hydrogens is 155 g/mol. The van der Waals surface area contributed by atoms with Gasteiger partial charge in [-0.15, -0.1) is 17.5 Å². The molecule has 0 bridgehead atoms. The fraction of sp³-hybridized carbons (Fsp3) is 0. The second kappa shape index (κ2) is 10.9. The molecule has 0 unspecified atom stereocenters. The summed E-state index contributed by atoms with van der Waals surface area (Å²) < 4.78 is 0. The van der Waals surface area contributed by atoms with Gasteiger partial charge in [0.2, 0.25) is 5.96 Å². The van der Waals surface area contributed by atoms with Crippen LogP contribution in [0.4, 0.5) is 0 Å². The van der Waals surface area contributed by atoms with E-state index in [-0.39, 0.29) is 38.7 Å². The largest absolute Gasteiger partial charge is 1.00 e. The average Bonchev–Trinajstić information content (AvgIpc) is 1.61. The molecule has 0 saturated heterocycles. The maximum Gasteiger partial charge on any atom is 1.00 e. The van der Waals surface area contributed by atoms with Gasteiger partial charge in [0.05, 0.1) is 5.16 Å². The molecule has 0 heterocycles. The molecule has 0 aromatic rings. The smallest absolute Gasteiger partial charge is 1.00 e. The molecule has 4 N–H and O–H groups in total. The Morgan fingerprint density at radius 1 is 1.56 bits per heavy atom. The van der Waals surface area contributed by atoms with Gasteiger partial charge in [0.25, 0.3) is 0 Å². The number of hydrogen-bond acceptors (Lipinski definition) is 3. The summed E-state index contributed by atoms with van der Waals surface area (Å²) in [6.07, 6.45) is 0. The SMILES string of the molecule is Cl.NC(N)=NN=C=S.[H-].[Li+]. The molecule has 4 nitrogen and oxygen atoms in total. The molecule has 0 atom stereocenters. The normalized spacial score (nSPS) is 4.89. The van der Waals surface area contributed by atoms with E-state index < -0.39 is 0 Å². The van der Waals surface area contributed by atoms with Crippen molar-refractivity contribution in [2.45, 2.75) is 0 Å². The van der Waals surface area contributed by atoms with Crippen LogP contribution >= 0.6 is 24.6 Å². The van der Waals surface area contributed by atoms with Gasteiger partial charge in [-0.3, -0.25) is 0 Å². The minimum atomic E-state index is -0.114. The van der Waals surface area contributed by atoms with Crippen molar-refractivity contribution in [3.63, 3.8) is 0 Å². The summed E-state index contributed by atoms with van der Waals surface area (Å²) in [4.78, 5) is 0. The molecule has 0 fully saturated rings. The molecule has 0 rings (SSSR count). The molecule has 0 aliphatic rings. The summed E-state index contributed by atoms with van der Waals surface area (Å²) in [6, 6.07) is 0. The number of hydrogen-bond donors (Lipinski definition) is 2. The van der Waals surface area contributed by atoms with Crippen LogP contribution in [0.25, 0.3) is 0 Å². The minimum absolute atomic E-state index is 0. The maximum atomic E-state index is 4.83. The molecule has 0 aliphatic carbocycles. The average molecular weight is 161 g/mol. The summed E-state index contributed by atoms with van der Waals surface area (Å²) in [5, 5.41) is 8.16. The van der Waals surface area contributed by atoms with E-state index in [2.05, 4.69) is 22.4 Å². The number of nitrogens with two attached hydrogens (primary N) is 2. The van der Waals surface area contributed by atoms with Crippen LogP contribution in [0.2, 0.25) is 0 Å². The van der Waals surface area contributed by atoms with E-state index in [1.807, 2.05) is 5.16 Å². The third-order valence-electron chi connectivity index (χ3n) is 0.206. The zero-order valence-corrected chi connectivity index (χ0v) is 6.50. The van der Waals surface area contributed by atoms with Crippen LogP contribution in [0, 0.1) is 0 Å². The third kappa shape index (κ3) is 18.0. The van der Waals surface area contributed by atoms with E-state index in [0.717, 1.165) is 0 Å². The summed E-state index contributed by atoms with van der Waals surface area (Å²) in [7, 11) is 0. The van der Waals surface area contributed by atoms with Crippen molar-refractivity contribution < 1.29 is 20.3 Å². The van der Waals surface area contributed by atoms with E-state index in [0.29, 0.717) is 0 Å². The van der Waals surface area contributed by atoms with Crippen LogP contribution in [0.15, 0.2) is 10.2 Å². The summed E-state index contributed by atoms with van der Waals surface area (Å²) in [5.41, 5.74) is 9.65. The quantitative estimate of drug-likeness (QED) is 0.140. The van der Waals surface area contributed by atoms with E-state index >= 15 is 0 Å². The van der Waals surface area contributed by atoms with Crippen molar-refractivity contribution in [2.75, 3.05) is 0 Å². The van der Waals surface area contributed by atoms with Gasteiger partial charge >= 0.3 is 18.9 Å². The summed E-state index contributed by atoms with van der Waals surface area (Å²) in [6.45, 7) is 0. The molecule has 7 heteroatoms. The predicted molar refractivity (Wildman–Crippen MR) is 39.2 cm³/mol.